The summed E-state index contributed by atoms with van der Waals surface area (Å²) in [6, 6.07) is 36.9. The van der Waals surface area contributed by atoms with Gasteiger partial charge in [-0.1, -0.05) is 144 Å². The number of fused-ring (bicyclic) bond motifs is 2. The third-order valence-electron chi connectivity index (χ3n) is 24.1. The van der Waals surface area contributed by atoms with Gasteiger partial charge in [0.15, 0.2) is 11.6 Å². The van der Waals surface area contributed by atoms with Gasteiger partial charge in [0.1, 0.15) is 5.75 Å². The van der Waals surface area contributed by atoms with E-state index in [0.717, 1.165) is 137 Å². The van der Waals surface area contributed by atoms with E-state index in [2.05, 4.69) is 82.1 Å². The van der Waals surface area contributed by atoms with Gasteiger partial charge >= 0.3 is 6.36 Å². The minimum absolute atomic E-state index is 0.00784. The molecule has 7 aromatic carbocycles. The van der Waals surface area contributed by atoms with Crippen molar-refractivity contribution in [3.8, 4) is 11.5 Å². The Morgan fingerprint density at radius 2 is 0.984 bits per heavy atom. The number of carbonyl (C=O) groups excluding carboxylic acids is 7. The van der Waals surface area contributed by atoms with Crippen LogP contribution in [0.1, 0.15) is 169 Å². The molecule has 0 spiro atoms. The molecular formula is C93H110Cl6F4N12O9. The van der Waals surface area contributed by atoms with E-state index in [1.165, 1.54) is 85.8 Å². The van der Waals surface area contributed by atoms with Crippen LogP contribution in [0, 0.1) is 5.82 Å². The first-order valence-electron chi connectivity index (χ1n) is 43.2. The van der Waals surface area contributed by atoms with Crippen molar-refractivity contribution < 1.29 is 60.6 Å². The lowest BCUT2D eigenvalue weighted by Gasteiger charge is -2.31. The highest BCUT2D eigenvalue weighted by Crippen LogP contribution is 2.35. The molecule has 6 saturated heterocycles. The van der Waals surface area contributed by atoms with E-state index in [1.807, 2.05) is 59.5 Å². The van der Waals surface area contributed by atoms with Gasteiger partial charge in [-0.3, -0.25) is 38.5 Å². The van der Waals surface area contributed by atoms with Crippen LogP contribution in [-0.4, -0.2) is 230 Å². The third kappa shape index (κ3) is 27.7. The highest BCUT2D eigenvalue weighted by Gasteiger charge is 2.41. The molecule has 124 heavy (non-hydrogen) atoms. The molecule has 7 heterocycles. The van der Waals surface area contributed by atoms with Crippen LogP contribution in [0.2, 0.25) is 30.1 Å². The van der Waals surface area contributed by atoms with Crippen LogP contribution in [0.4, 0.5) is 17.6 Å². The number of amides is 7. The minimum atomic E-state index is -5.01. The first kappa shape index (κ1) is 95.0. The van der Waals surface area contributed by atoms with Gasteiger partial charge in [0.25, 0.3) is 17.7 Å². The van der Waals surface area contributed by atoms with Crippen LogP contribution in [0.25, 0.3) is 16.8 Å². The summed E-state index contributed by atoms with van der Waals surface area (Å²) in [4.78, 5) is 108. The van der Waals surface area contributed by atoms with Crippen LogP contribution in [0.15, 0.2) is 140 Å². The van der Waals surface area contributed by atoms with Crippen LogP contribution in [0.5, 0.6) is 11.5 Å². The van der Waals surface area contributed by atoms with E-state index in [9.17, 15) is 51.1 Å². The maximum absolute atomic E-state index is 14.0. The second-order valence-corrected chi connectivity index (χ2v) is 35.6. The molecule has 5 N–H and O–H groups in total. The molecule has 7 aliphatic heterocycles. The number of nitrogens with one attached hydrogen (secondary N) is 5. The molecule has 6 fully saturated rings. The fourth-order valence-corrected chi connectivity index (χ4v) is 18.8. The summed E-state index contributed by atoms with van der Waals surface area (Å²) in [6.45, 7) is 15.0. The Balaban J connectivity index is 0.000000170. The van der Waals surface area contributed by atoms with Gasteiger partial charge in [0.05, 0.1) is 46.4 Å². The number of hydrogen-bond acceptors (Lipinski definition) is 15. The maximum Gasteiger partial charge on any atom is 0.573 e. The standard InChI is InChI=1S/C35H46N4O3.C30H34Cl2F4N4O3.C28H30Cl4N4O3/c1-3-26(27-10-6-4-7-11-27)25-39-21-16-31(37-33(35(39)41)17-20-38-18-8-5-9-19-38)24-36-34(40)30-13-12-29-23-32(42-2)15-14-28(29)22-30;31-22-14-21(15-23(32)17-22)19-40-13-8-24(38-26(29(40)42)9-12-39-10-2-1-3-11-39)18-37-28(41)7-5-20-4-6-27(25(33)16-20)43-30(34,35)36;29-18-10-17(11-19(30)12-18)15-35-9-4-20(33-25(28(35)39)5-8-34-6-2-1-3-7-34)16-36-26(37)21-13-23(31)24(32)14-22(21)27(36)38/h4,6-7,10-15,22-23,26,31,33,37H,3,5,8-9,16-21,24-25H2,1-2H3,(H,36,40);4-7,14-17,24,26,38H,1-3,8-13,18-19H2,(H,37,41);10-14,20,25,33H,1-9,15-16H2/b;7-5+;/t26-,31+,33+;24-,26-;20-,25-/m100/s1. The molecule has 0 unspecified atom stereocenters. The van der Waals surface area contributed by atoms with Crippen molar-refractivity contribution in [2.75, 3.05) is 112 Å². The molecule has 0 saturated carbocycles. The van der Waals surface area contributed by atoms with Gasteiger partial charge in [-0.05, 0) is 247 Å². The molecular weight excluding hydrogens is 1720 g/mol. The Morgan fingerprint density at radius 3 is 1.47 bits per heavy atom. The third-order valence-corrected chi connectivity index (χ3v) is 25.7. The Morgan fingerprint density at radius 1 is 0.524 bits per heavy atom. The van der Waals surface area contributed by atoms with Gasteiger partial charge in [0.2, 0.25) is 23.6 Å². The number of ether oxygens (including phenoxy) is 2. The first-order chi connectivity index (χ1) is 59.7. The zero-order valence-corrected chi connectivity index (χ0v) is 74.6. The normalized spacial score (nSPS) is 21.1. The van der Waals surface area contributed by atoms with E-state index in [4.69, 9.17) is 74.3 Å². The summed E-state index contributed by atoms with van der Waals surface area (Å²) in [5, 5.41) is 21.1. The monoisotopic (exact) mass is 1820 g/mol. The molecule has 666 valence electrons. The van der Waals surface area contributed by atoms with Gasteiger partial charge in [-0.25, -0.2) is 4.39 Å². The number of likely N-dealkylation sites (tertiary alicyclic amines) is 3. The quantitative estimate of drug-likeness (QED) is 0.0175. The van der Waals surface area contributed by atoms with Crippen LogP contribution in [-0.2, 0) is 32.3 Å². The van der Waals surface area contributed by atoms with Crippen LogP contribution in [0.3, 0.4) is 0 Å². The zero-order chi connectivity index (χ0) is 88.0. The number of rotatable bonds is 28. The average Bonchev–Trinajstić information content (AvgIpc) is 1.62. The SMILES string of the molecule is CC[C@H](CN1CC[C@@H](CNC(=O)c2ccc3cc(OC)ccc3c2)N[C@@H](CCN2CCCCC2)C1=O)c1ccccc1.O=C(/C=C/c1ccc(OC(F)(F)F)c(F)c1)NC[C@@H]1CCN(Cc2cc(Cl)cc(Cl)c2)C(=O)[C@H](CCN2CCCCC2)N1.O=C1[C@H](CCN2CCCCC2)N[C@H](CN2C(=O)c3cc(Cl)c(Cl)cc3C2=O)CCN1Cc1cc(Cl)cc(Cl)c1. The molecule has 0 aromatic heterocycles. The summed E-state index contributed by atoms with van der Waals surface area (Å²) in [5.74, 6) is -2.26. The smallest absolute Gasteiger partial charge is 0.497 e. The summed E-state index contributed by atoms with van der Waals surface area (Å²) < 4.78 is 60.0. The average molecular weight is 1830 g/mol. The Hall–Kier alpha value is -8.15. The van der Waals surface area contributed by atoms with Crippen molar-refractivity contribution >= 4 is 128 Å². The number of halogens is 10. The van der Waals surface area contributed by atoms with E-state index < -0.39 is 47.7 Å². The maximum atomic E-state index is 14.0. The van der Waals surface area contributed by atoms with Crippen molar-refractivity contribution in [2.24, 2.45) is 0 Å². The van der Waals surface area contributed by atoms with E-state index in [0.29, 0.717) is 96.5 Å². The lowest BCUT2D eigenvalue weighted by atomic mass is 9.95. The lowest BCUT2D eigenvalue weighted by Crippen LogP contribution is -2.50. The molecule has 0 bridgehead atoms. The van der Waals surface area contributed by atoms with Crippen LogP contribution < -0.4 is 36.1 Å². The zero-order valence-electron chi connectivity index (χ0n) is 70.0. The number of benzene rings is 7. The highest BCUT2D eigenvalue weighted by molar-refractivity contribution is 6.43. The summed E-state index contributed by atoms with van der Waals surface area (Å²) >= 11 is 37.0. The van der Waals surface area contributed by atoms with Gasteiger partial charge in [0, 0.05) is 134 Å². The summed E-state index contributed by atoms with van der Waals surface area (Å²) in [6.07, 6.45) is 13.3. The van der Waals surface area contributed by atoms with Crippen molar-refractivity contribution in [1.29, 1.82) is 0 Å². The fraction of sp³-hybridized carbons (Fsp3) is 0.473. The molecule has 0 aliphatic carbocycles. The fourth-order valence-electron chi connectivity index (χ4n) is 17.4. The lowest BCUT2D eigenvalue weighted by molar-refractivity contribution is -0.275. The summed E-state index contributed by atoms with van der Waals surface area (Å²) in [7, 11) is 1.65. The van der Waals surface area contributed by atoms with E-state index >= 15 is 0 Å². The molecule has 21 nitrogen and oxygen atoms in total. The van der Waals surface area contributed by atoms with Crippen molar-refractivity contribution in [1.82, 2.24) is 60.9 Å². The molecule has 0 radical (unpaired) electrons. The number of imide groups is 1. The second-order valence-electron chi connectivity index (χ2n) is 33.0. The molecule has 7 amide bonds. The molecule has 7 aromatic rings. The van der Waals surface area contributed by atoms with Gasteiger partial charge in [-0.15, -0.1) is 13.2 Å². The number of hydrogen-bond donors (Lipinski definition) is 5. The Bertz CT molecular complexity index is 4790. The van der Waals surface area contributed by atoms with Crippen LogP contribution >= 0.6 is 69.6 Å². The van der Waals surface area contributed by atoms with Crippen molar-refractivity contribution in [3.63, 3.8) is 0 Å². The molecule has 31 heteroatoms. The topological polar surface area (TPSA) is 221 Å². The van der Waals surface area contributed by atoms with Crippen molar-refractivity contribution in [2.45, 2.75) is 171 Å². The van der Waals surface area contributed by atoms with E-state index in [1.54, 1.807) is 36.3 Å². The molecule has 14 rings (SSSR count). The van der Waals surface area contributed by atoms with Gasteiger partial charge < -0.3 is 65.5 Å². The van der Waals surface area contributed by atoms with Crippen molar-refractivity contribution in [3.05, 3.63) is 214 Å². The predicted molar refractivity (Wildman–Crippen MR) is 480 cm³/mol. The van der Waals surface area contributed by atoms with Gasteiger partial charge in [-0.2, -0.15) is 0 Å². The first-order valence-corrected chi connectivity index (χ1v) is 45.4. The number of piperidine rings is 3. The predicted octanol–water partition coefficient (Wildman–Crippen LogP) is 16.5. The molecule has 7 aliphatic rings. The number of methoxy groups -OCH3 is 1. The largest absolute Gasteiger partial charge is 0.573 e. The summed E-state index contributed by atoms with van der Waals surface area (Å²) in [5.41, 5.74) is 4.28. The number of nitrogens with zero attached hydrogens (tertiary/aromatic N) is 7. The Kier molecular flexibility index (Phi) is 35.2. The Labute approximate surface area is 753 Å². The molecule has 7 atom stereocenters. The highest BCUT2D eigenvalue weighted by atomic mass is 35.5. The number of alkyl halides is 3. The minimum Gasteiger partial charge on any atom is -0.497 e. The number of carbonyl (C=O) groups is 7. The van der Waals surface area contributed by atoms with E-state index in [-0.39, 0.29) is 87.6 Å². The second kappa shape index (κ2) is 46.0.